The lowest BCUT2D eigenvalue weighted by atomic mass is 9.85. The topological polar surface area (TPSA) is 152 Å². The fourth-order valence-electron chi connectivity index (χ4n) is 4.19. The summed E-state index contributed by atoms with van der Waals surface area (Å²) in [7, 11) is 0. The van der Waals surface area contributed by atoms with Crippen molar-refractivity contribution >= 4 is 35.5 Å². The summed E-state index contributed by atoms with van der Waals surface area (Å²) in [6, 6.07) is 7.56. The fourth-order valence-corrected chi connectivity index (χ4v) is 4.19. The number of ketones is 1. The number of benzene rings is 1. The molecule has 1 saturated heterocycles. The first-order valence-corrected chi connectivity index (χ1v) is 13.8. The average molecular weight is 577 g/mol. The quantitative estimate of drug-likeness (QED) is 0.183. The number of ether oxygens (including phenoxy) is 3. The second kappa shape index (κ2) is 14.3. The van der Waals surface area contributed by atoms with Gasteiger partial charge in [0.15, 0.2) is 11.3 Å². The number of hydrogen-bond acceptors (Lipinski definition) is 9. The molecule has 1 aromatic carbocycles. The van der Waals surface area contributed by atoms with Crippen LogP contribution in [0.4, 0.5) is 15.3 Å². The number of rotatable bonds is 8. The van der Waals surface area contributed by atoms with Gasteiger partial charge in [0.05, 0.1) is 0 Å². The van der Waals surface area contributed by atoms with Gasteiger partial charge in [-0.15, -0.1) is 0 Å². The Morgan fingerprint density at radius 3 is 2.22 bits per heavy atom. The molecule has 1 atom stereocenters. The van der Waals surface area contributed by atoms with E-state index in [9.17, 15) is 24.0 Å². The number of carbonyl (C=O) groups excluding carboxylic acids is 5. The number of esters is 1. The molecule has 228 valence electrons. The van der Waals surface area contributed by atoms with E-state index in [4.69, 9.17) is 14.2 Å². The highest BCUT2D eigenvalue weighted by Crippen LogP contribution is 2.23. The van der Waals surface area contributed by atoms with Gasteiger partial charge in [0.1, 0.15) is 24.4 Å². The van der Waals surface area contributed by atoms with Gasteiger partial charge in [0, 0.05) is 25.3 Å². The van der Waals surface area contributed by atoms with E-state index in [-0.39, 0.29) is 24.8 Å². The van der Waals surface area contributed by atoms with Crippen molar-refractivity contribution in [3.05, 3.63) is 29.8 Å². The second-order valence-electron chi connectivity index (χ2n) is 12.0. The van der Waals surface area contributed by atoms with Crippen molar-refractivity contribution in [1.82, 2.24) is 15.5 Å². The van der Waals surface area contributed by atoms with Crippen LogP contribution in [-0.2, 0) is 35.2 Å². The summed E-state index contributed by atoms with van der Waals surface area (Å²) in [5.41, 5.74) is -0.778. The molecule has 0 spiro atoms. The zero-order valence-corrected chi connectivity index (χ0v) is 25.2. The lowest BCUT2D eigenvalue weighted by molar-refractivity contribution is -0.162. The minimum atomic E-state index is -1.35. The summed E-state index contributed by atoms with van der Waals surface area (Å²) in [6.07, 6.45) is 0.511. The number of nitrogens with one attached hydrogen (secondary N) is 3. The summed E-state index contributed by atoms with van der Waals surface area (Å²) in [5, 5.41) is 8.30. The number of amides is 3. The van der Waals surface area contributed by atoms with Crippen LogP contribution in [0.25, 0.3) is 0 Å². The molecule has 41 heavy (non-hydrogen) atoms. The summed E-state index contributed by atoms with van der Waals surface area (Å²) < 4.78 is 15.3. The van der Waals surface area contributed by atoms with Gasteiger partial charge in [-0.2, -0.15) is 0 Å². The first kappa shape index (κ1) is 33.5. The number of piperazine rings is 1. The van der Waals surface area contributed by atoms with Crippen LogP contribution >= 0.6 is 0 Å². The van der Waals surface area contributed by atoms with Crippen LogP contribution in [0, 0.1) is 0 Å². The summed E-state index contributed by atoms with van der Waals surface area (Å²) in [4.78, 5) is 61.5. The summed E-state index contributed by atoms with van der Waals surface area (Å²) in [6.45, 7) is 13.3. The van der Waals surface area contributed by atoms with Crippen molar-refractivity contribution in [2.75, 3.05) is 31.5 Å². The number of alkyl carbamates (subject to hydrolysis) is 1. The van der Waals surface area contributed by atoms with Gasteiger partial charge < -0.3 is 24.4 Å². The predicted octanol–water partition coefficient (Wildman–Crippen LogP) is 3.53. The molecule has 1 aromatic rings. The molecule has 0 aliphatic carbocycles. The fraction of sp³-hybridized carbons (Fsp3) is 0.621. The van der Waals surface area contributed by atoms with Gasteiger partial charge in [0.25, 0.3) is 5.91 Å². The van der Waals surface area contributed by atoms with Crippen LogP contribution in [-0.4, -0.2) is 77.7 Å². The van der Waals surface area contributed by atoms with E-state index in [1.165, 1.54) is 11.8 Å². The Balaban J connectivity index is 0.000000438. The lowest BCUT2D eigenvalue weighted by Gasteiger charge is -2.41. The number of carbonyl (C=O) groups is 5. The number of fused-ring (bicyclic) bond motifs is 5. The highest BCUT2D eigenvalue weighted by Gasteiger charge is 2.47. The third-order valence-corrected chi connectivity index (χ3v) is 6.02. The maximum atomic E-state index is 13.1. The Labute approximate surface area is 241 Å². The van der Waals surface area contributed by atoms with Gasteiger partial charge >= 0.3 is 18.2 Å². The van der Waals surface area contributed by atoms with Crippen LogP contribution in [0.1, 0.15) is 73.3 Å². The van der Waals surface area contributed by atoms with Crippen molar-refractivity contribution in [2.45, 2.75) is 91.1 Å². The van der Waals surface area contributed by atoms with Crippen molar-refractivity contribution in [2.24, 2.45) is 0 Å². The molecule has 0 radical (unpaired) electrons. The van der Waals surface area contributed by atoms with Crippen LogP contribution < -0.4 is 16.0 Å². The third kappa shape index (κ3) is 11.4. The maximum absolute atomic E-state index is 13.1. The van der Waals surface area contributed by atoms with Gasteiger partial charge in [-0.25, -0.2) is 9.59 Å². The van der Waals surface area contributed by atoms with E-state index in [1.54, 1.807) is 41.5 Å². The molecule has 4 rings (SSSR count). The number of unbranched alkanes of at least 4 members (excludes halogenated alkanes) is 1. The van der Waals surface area contributed by atoms with Crippen molar-refractivity contribution in [3.8, 4) is 0 Å². The minimum Gasteiger partial charge on any atom is -0.459 e. The molecule has 1 unspecified atom stereocenters. The molecule has 3 aliphatic heterocycles. The Bertz CT molecular complexity index is 1090. The SMILES string of the molecule is CC(=O)C1(CCCCNC(=O)OC(C)(C)C)NCCN(CC(=O)OC(C)(C)C)C1=O.O=C1Nc2ccc(cc2)CO1. The molecular formula is C29H44N4O8. The molecule has 0 aromatic heterocycles. The number of nitrogens with zero attached hydrogens (tertiary/aromatic N) is 1. The number of anilines is 1. The molecule has 3 aliphatic rings. The molecule has 1 fully saturated rings. The summed E-state index contributed by atoms with van der Waals surface area (Å²) >= 11 is 0. The zero-order valence-electron chi connectivity index (χ0n) is 25.2. The van der Waals surface area contributed by atoms with E-state index in [0.29, 0.717) is 39.1 Å². The molecule has 12 nitrogen and oxygen atoms in total. The monoisotopic (exact) mass is 576 g/mol. The number of Topliss-reactive ketones (excluding diaryl/α,β-unsaturated/α-hetero) is 1. The average Bonchev–Trinajstić information content (AvgIpc) is 2.82. The zero-order chi connectivity index (χ0) is 30.8. The smallest absolute Gasteiger partial charge is 0.411 e. The van der Waals surface area contributed by atoms with Crippen LogP contribution in [0.5, 0.6) is 0 Å². The lowest BCUT2D eigenvalue weighted by Crippen LogP contribution is -2.68. The predicted molar refractivity (Wildman–Crippen MR) is 152 cm³/mol. The van der Waals surface area contributed by atoms with Gasteiger partial charge in [-0.05, 0) is 85.4 Å². The summed E-state index contributed by atoms with van der Waals surface area (Å²) in [5.74, 6) is -1.20. The molecule has 2 bridgehead atoms. The molecular weight excluding hydrogens is 532 g/mol. The van der Waals surface area contributed by atoms with Crippen molar-refractivity contribution < 1.29 is 38.2 Å². The Morgan fingerprint density at radius 1 is 1.00 bits per heavy atom. The van der Waals surface area contributed by atoms with E-state index >= 15 is 0 Å². The van der Waals surface area contributed by atoms with E-state index in [2.05, 4.69) is 16.0 Å². The standard InChI is InChI=1S/C21H37N3O6.C8H7NO2/c1-15(25)21(10-8-9-11-22-18(28)30-20(5,6)7)17(27)24(13-12-23-21)14-16(26)29-19(2,3)4;10-8-9-7-3-1-6(2-4-7)5-11-8/h23H,8-14H2,1-7H3,(H,22,28);1-4H,5H2,(H,9,10). The highest BCUT2D eigenvalue weighted by atomic mass is 16.6. The van der Waals surface area contributed by atoms with Crippen LogP contribution in [0.3, 0.4) is 0 Å². The largest absolute Gasteiger partial charge is 0.459 e. The molecule has 0 saturated carbocycles. The highest BCUT2D eigenvalue weighted by molar-refractivity contribution is 6.10. The van der Waals surface area contributed by atoms with Gasteiger partial charge in [0.2, 0.25) is 0 Å². The molecule has 3 heterocycles. The number of hydrogen-bond donors (Lipinski definition) is 3. The minimum absolute atomic E-state index is 0.187. The van der Waals surface area contributed by atoms with Crippen LogP contribution in [0.2, 0.25) is 0 Å². The molecule has 3 amide bonds. The van der Waals surface area contributed by atoms with Gasteiger partial charge in [-0.1, -0.05) is 12.1 Å². The first-order valence-electron chi connectivity index (χ1n) is 13.8. The van der Waals surface area contributed by atoms with Gasteiger partial charge in [-0.3, -0.25) is 25.0 Å². The Kier molecular flexibility index (Phi) is 11.7. The van der Waals surface area contributed by atoms with Crippen molar-refractivity contribution in [1.29, 1.82) is 0 Å². The normalized spacial score (nSPS) is 18.6. The molecule has 3 N–H and O–H groups in total. The maximum Gasteiger partial charge on any atom is 0.411 e. The third-order valence-electron chi connectivity index (χ3n) is 6.02. The van der Waals surface area contributed by atoms with E-state index < -0.39 is 34.7 Å². The molecule has 12 heteroatoms. The Hall–Kier alpha value is -3.67. The van der Waals surface area contributed by atoms with E-state index in [0.717, 1.165) is 11.3 Å². The second-order valence-corrected chi connectivity index (χ2v) is 12.0. The Morgan fingerprint density at radius 2 is 1.63 bits per heavy atom. The van der Waals surface area contributed by atoms with Crippen molar-refractivity contribution in [3.63, 3.8) is 0 Å². The van der Waals surface area contributed by atoms with E-state index in [1.807, 2.05) is 24.3 Å². The first-order chi connectivity index (χ1) is 19.0. The van der Waals surface area contributed by atoms with Crippen LogP contribution in [0.15, 0.2) is 24.3 Å².